The van der Waals surface area contributed by atoms with Crippen LogP contribution in [0.4, 0.5) is 78.2 Å². The summed E-state index contributed by atoms with van der Waals surface area (Å²) in [5.41, 5.74) is 5.85. The number of halogens is 6. The maximum Gasteiger partial charge on any atom is 0.263 e. The summed E-state index contributed by atoms with van der Waals surface area (Å²) < 4.78 is 109. The Labute approximate surface area is 723 Å². The van der Waals surface area contributed by atoms with Crippen molar-refractivity contribution < 1.29 is 54.9 Å². The first-order valence-electron chi connectivity index (χ1n) is 42.1. The number of aryl methyl sites for hydroxylation is 3. The van der Waals surface area contributed by atoms with Crippen molar-refractivity contribution in [1.82, 2.24) is 99.3 Å². The molecule has 0 bridgehead atoms. The fraction of sp³-hybridized carbons (Fsp3) is 0.375. The second-order valence-electron chi connectivity index (χ2n) is 32.2. The number of anilines is 9. The molecule has 0 radical (unpaired) electrons. The van der Waals surface area contributed by atoms with Crippen LogP contribution in [0, 0.1) is 55.7 Å². The molecule has 32 nitrogen and oxygen atoms in total. The van der Waals surface area contributed by atoms with Crippen molar-refractivity contribution in [2.45, 2.75) is 27.7 Å². The lowest BCUT2D eigenvalue weighted by molar-refractivity contribution is 0.0654. The number of ether oxygens (including phenoxy) is 3. The minimum absolute atomic E-state index is 0.0113. The van der Waals surface area contributed by atoms with E-state index in [-0.39, 0.29) is 119 Å². The van der Waals surface area contributed by atoms with E-state index in [1.165, 1.54) is 37.2 Å². The summed E-state index contributed by atoms with van der Waals surface area (Å²) in [5.74, 6) is -5.62. The first-order valence-corrected chi connectivity index (χ1v) is 42.1. The Morgan fingerprint density at radius 1 is 0.373 bits per heavy atom. The minimum Gasteiger partial charge on any atom is -0.435 e. The van der Waals surface area contributed by atoms with Gasteiger partial charge in [-0.15, -0.1) is 0 Å². The van der Waals surface area contributed by atoms with Crippen LogP contribution >= 0.6 is 0 Å². The zero-order valence-electron chi connectivity index (χ0n) is 71.4. The molecule has 6 aliphatic heterocycles. The van der Waals surface area contributed by atoms with E-state index < -0.39 is 34.9 Å². The highest BCUT2D eigenvalue weighted by Gasteiger charge is 2.35. The molecule has 6 fully saturated rings. The minimum atomic E-state index is -0.761. The van der Waals surface area contributed by atoms with Gasteiger partial charge in [0.1, 0.15) is 47.3 Å². The van der Waals surface area contributed by atoms with Crippen LogP contribution in [0.1, 0.15) is 55.1 Å². The number of aromatic amines is 3. The number of fused-ring (bicyclic) bond motifs is 3. The van der Waals surface area contributed by atoms with Crippen LogP contribution < -0.4 is 50.2 Å². The molecule has 4 aromatic carbocycles. The summed E-state index contributed by atoms with van der Waals surface area (Å²) in [5, 5.41) is 13.0. The van der Waals surface area contributed by atoms with Gasteiger partial charge in [-0.25, -0.2) is 66.2 Å². The Balaban J connectivity index is 0.000000139. The van der Waals surface area contributed by atoms with Crippen molar-refractivity contribution in [2.24, 2.45) is 0 Å². The molecular weight excluding hydrogens is 1630 g/mol. The van der Waals surface area contributed by atoms with Crippen LogP contribution in [0.5, 0.6) is 34.9 Å². The Kier molecular flexibility index (Phi) is 26.2. The van der Waals surface area contributed by atoms with Gasteiger partial charge in [0.2, 0.25) is 17.6 Å². The normalized spacial score (nSPS) is 16.5. The molecule has 0 saturated carbocycles. The lowest BCUT2D eigenvalue weighted by Gasteiger charge is -2.35. The molecule has 0 aliphatic carbocycles. The number of rotatable bonds is 19. The first-order chi connectivity index (χ1) is 60.9. The summed E-state index contributed by atoms with van der Waals surface area (Å²) in [6.45, 7) is 26.8. The third-order valence-electron chi connectivity index (χ3n) is 23.4. The molecule has 126 heavy (non-hydrogen) atoms. The van der Waals surface area contributed by atoms with Gasteiger partial charge in [-0.05, 0) is 122 Å². The van der Waals surface area contributed by atoms with Crippen LogP contribution in [0.25, 0.3) is 32.7 Å². The third-order valence-corrected chi connectivity index (χ3v) is 23.4. The van der Waals surface area contributed by atoms with Gasteiger partial charge >= 0.3 is 0 Å². The second kappa shape index (κ2) is 38.2. The Morgan fingerprint density at radius 3 is 1.02 bits per heavy atom. The van der Waals surface area contributed by atoms with Crippen molar-refractivity contribution in [3.8, 4) is 34.9 Å². The fourth-order valence-corrected chi connectivity index (χ4v) is 16.0. The number of carbonyl (C=O) groups excluding carboxylic acids is 3. The Hall–Kier alpha value is -13.0. The Bertz CT molecular complexity index is 5900. The number of nitrogens with zero attached hydrogens (tertiary/aromatic N) is 19. The van der Waals surface area contributed by atoms with E-state index >= 15 is 13.2 Å². The Morgan fingerprint density at radius 2 is 0.690 bits per heavy atom. The molecular formula is C88H100F6N26O6. The highest BCUT2D eigenvalue weighted by molar-refractivity contribution is 6.04. The third kappa shape index (κ3) is 19.4. The topological polar surface area (TPSA) is 313 Å². The molecule has 660 valence electrons. The molecule has 6 aliphatic rings. The molecule has 18 rings (SSSR count). The molecule has 14 heterocycles. The maximum absolute atomic E-state index is 15.5. The summed E-state index contributed by atoms with van der Waals surface area (Å²) >= 11 is 0. The fourth-order valence-electron chi connectivity index (χ4n) is 16.0. The summed E-state index contributed by atoms with van der Waals surface area (Å²) in [7, 11) is 8.08. The van der Waals surface area contributed by atoms with Crippen LogP contribution in [0.15, 0.2) is 116 Å². The first kappa shape index (κ1) is 86.5. The van der Waals surface area contributed by atoms with Crippen LogP contribution in [0.3, 0.4) is 0 Å². The number of hydrogen-bond acceptors (Lipinski definition) is 26. The van der Waals surface area contributed by atoms with E-state index in [1.54, 1.807) is 47.9 Å². The lowest BCUT2D eigenvalue weighted by Crippen LogP contribution is -2.47. The molecule has 8 aromatic heterocycles. The maximum atomic E-state index is 15.5. The van der Waals surface area contributed by atoms with Crippen LogP contribution in [0.2, 0.25) is 0 Å². The lowest BCUT2D eigenvalue weighted by atomic mass is 10.2. The molecule has 38 heteroatoms. The monoisotopic (exact) mass is 1730 g/mol. The van der Waals surface area contributed by atoms with Gasteiger partial charge in [-0.1, -0.05) is 6.92 Å². The quantitative estimate of drug-likeness (QED) is 0.0370. The number of pyridine rings is 2. The number of likely N-dealkylation sites (N-methyl/N-ethyl adjacent to an activating group) is 5. The zero-order valence-corrected chi connectivity index (χ0v) is 71.4. The van der Waals surface area contributed by atoms with Crippen LogP contribution in [-0.2, 0) is 0 Å². The molecule has 0 unspecified atom stereocenters. The molecule has 0 atom stereocenters. The van der Waals surface area contributed by atoms with Crippen molar-refractivity contribution in [1.29, 1.82) is 0 Å². The summed E-state index contributed by atoms with van der Waals surface area (Å²) in [6, 6.07) is 22.8. The predicted molar refractivity (Wildman–Crippen MR) is 469 cm³/mol. The van der Waals surface area contributed by atoms with E-state index in [2.05, 4.69) is 129 Å². The van der Waals surface area contributed by atoms with Crippen LogP contribution in [-0.4, -0.2) is 304 Å². The summed E-state index contributed by atoms with van der Waals surface area (Å²) in [4.78, 5) is 108. The van der Waals surface area contributed by atoms with Gasteiger partial charge in [0.05, 0.1) is 40.3 Å². The highest BCUT2D eigenvalue weighted by atomic mass is 19.1. The van der Waals surface area contributed by atoms with E-state index in [4.69, 9.17) is 14.2 Å². The number of benzene rings is 4. The van der Waals surface area contributed by atoms with E-state index in [0.717, 1.165) is 120 Å². The smallest absolute Gasteiger partial charge is 0.263 e. The van der Waals surface area contributed by atoms with E-state index in [0.29, 0.717) is 113 Å². The number of carbonyl (C=O) groups is 3. The molecule has 0 spiro atoms. The molecule has 7 N–H and O–H groups in total. The van der Waals surface area contributed by atoms with E-state index in [9.17, 15) is 27.6 Å². The standard InChI is InChI=1S/C30H35F2N9O2.C29H33F2N9O2.C29H32F2N8O2/c1-4-39-9-13-40(14-10-39)20-5-6-24(33-17-20)37-28-25(30(42)41-11-7-38(3)8-12-41)29(35-18-34-28)43-23-16-22(31)27-21(26(23)32)15-19(2)36-27;1-18-14-20-25(31)22(15-21(30)26(20)35-18)42-28-24(29(41)40-12-8-38(3)9-13-40)27(33-17-34-28)36-23-5-4-19(16-32-23)39-10-6-37(2)7-11-39;1-18-15-21-25(31)23(16-22(30)26(21)35-18)41-28-24(29(40)39-13-11-37(2)12-14-39)27(33-17-34-28)36-19-3-5-20(6-4-19)38-9-7-32-8-10-38/h5-6,15-18,36H,4,7-14H2,1-3H3,(H,33,34,35,37);4-5,14-17,35H,6-13H2,1-3H3,(H,32,33,34,36);3-6,15-17,32,35H,7-14H2,1-2H3,(H,33,34,36). The number of H-pyrrole nitrogens is 3. The van der Waals surface area contributed by atoms with Gasteiger partial charge in [-0.2, -0.15) is 0 Å². The predicted octanol–water partition coefficient (Wildman–Crippen LogP) is 11.5. The average molecular weight is 1730 g/mol. The van der Waals surface area contributed by atoms with Gasteiger partial charge < -0.3 is 104 Å². The van der Waals surface area contributed by atoms with E-state index in [1.807, 2.05) is 69.7 Å². The van der Waals surface area contributed by atoms with Gasteiger partial charge in [-0.3, -0.25) is 14.4 Å². The highest BCUT2D eigenvalue weighted by Crippen LogP contribution is 2.41. The number of hydrogen-bond donors (Lipinski definition) is 7. The number of piperazine rings is 6. The van der Waals surface area contributed by atoms with Gasteiger partial charge in [0.25, 0.3) is 17.7 Å². The number of amides is 3. The largest absolute Gasteiger partial charge is 0.435 e. The second-order valence-corrected chi connectivity index (χ2v) is 32.2. The molecule has 12 aromatic rings. The zero-order chi connectivity index (χ0) is 88.0. The van der Waals surface area contributed by atoms with Crippen molar-refractivity contribution >= 4 is 102 Å². The van der Waals surface area contributed by atoms with Crippen molar-refractivity contribution in [3.05, 3.63) is 185 Å². The van der Waals surface area contributed by atoms with Gasteiger partial charge in [0.15, 0.2) is 69.6 Å². The van der Waals surface area contributed by atoms with Crippen molar-refractivity contribution in [3.63, 3.8) is 0 Å². The average Bonchev–Trinajstić information content (AvgIpc) is 1.74. The molecule has 6 saturated heterocycles. The van der Waals surface area contributed by atoms with Gasteiger partial charge in [0, 0.05) is 220 Å². The molecule has 3 amide bonds. The van der Waals surface area contributed by atoms with Crippen molar-refractivity contribution in [2.75, 3.05) is 222 Å². The SMILES string of the molecule is CCN1CCN(c2ccc(Nc3ncnc(Oc4cc(F)c5[nH]c(C)cc5c4F)c3C(=O)N3CCN(C)CC3)nc2)CC1.Cc1cc2c(F)c(Oc3ncnc(Nc4ccc(N5CCN(C)CC5)cn4)c3C(=O)N3CCN(C)CC3)cc(F)c2[nH]1.Cc1cc2c(F)c(Oc3ncnc(Nc4ccc(N5CCNCC5)cc4)c3C(=O)N3CCN(C)CC3)cc(F)c2[nH]1. The number of nitrogens with one attached hydrogen (secondary N) is 7. The number of aromatic nitrogens is 11. The summed E-state index contributed by atoms with van der Waals surface area (Å²) in [6.07, 6.45) is 7.23.